The lowest BCUT2D eigenvalue weighted by molar-refractivity contribution is 0.415. The second-order valence-corrected chi connectivity index (χ2v) is 7.90. The van der Waals surface area contributed by atoms with E-state index in [4.69, 9.17) is 25.4 Å². The highest BCUT2D eigenvalue weighted by Crippen LogP contribution is 2.32. The molecule has 1 aromatic heterocycles. The van der Waals surface area contributed by atoms with Gasteiger partial charge in [0.2, 0.25) is 0 Å². The Balaban J connectivity index is 1.96. The summed E-state index contributed by atoms with van der Waals surface area (Å²) in [6.07, 6.45) is 0. The Morgan fingerprint density at radius 1 is 0.613 bits per heavy atom. The van der Waals surface area contributed by atoms with E-state index < -0.39 is 0 Å². The number of rotatable bonds is 4. The number of methoxy groups -OCH3 is 1. The van der Waals surface area contributed by atoms with Crippen molar-refractivity contribution >= 4 is 5.69 Å². The van der Waals surface area contributed by atoms with Crippen LogP contribution in [-0.4, -0.2) is 22.1 Å². The van der Waals surface area contributed by atoms with Crippen LogP contribution in [0.25, 0.3) is 34.2 Å². The minimum absolute atomic E-state index is 0.542. The van der Waals surface area contributed by atoms with E-state index >= 15 is 0 Å². The summed E-state index contributed by atoms with van der Waals surface area (Å²) in [6, 6.07) is 18.1. The fraction of sp³-hybridized carbons (Fsp3) is 0.192. The predicted octanol–water partition coefficient (Wildman–Crippen LogP) is 5.70. The molecule has 0 atom stereocenters. The number of nitrogens with two attached hydrogens (primary N) is 1. The molecule has 5 heteroatoms. The van der Waals surface area contributed by atoms with Crippen LogP contribution in [0.3, 0.4) is 0 Å². The Morgan fingerprint density at radius 3 is 1.48 bits per heavy atom. The van der Waals surface area contributed by atoms with E-state index in [0.717, 1.165) is 27.8 Å². The van der Waals surface area contributed by atoms with Crippen molar-refractivity contribution in [1.29, 1.82) is 0 Å². The molecule has 4 rings (SSSR count). The Morgan fingerprint density at radius 2 is 1.06 bits per heavy atom. The zero-order valence-corrected chi connectivity index (χ0v) is 18.5. The third-order valence-corrected chi connectivity index (χ3v) is 5.38. The van der Waals surface area contributed by atoms with E-state index in [-0.39, 0.29) is 0 Å². The molecule has 0 aliphatic heterocycles. The fourth-order valence-corrected chi connectivity index (χ4v) is 3.74. The van der Waals surface area contributed by atoms with Crippen LogP contribution < -0.4 is 10.5 Å². The number of hydrogen-bond acceptors (Lipinski definition) is 5. The maximum Gasteiger partial charge on any atom is 0.166 e. The molecule has 31 heavy (non-hydrogen) atoms. The predicted molar refractivity (Wildman–Crippen MR) is 126 cm³/mol. The molecule has 0 amide bonds. The Bertz CT molecular complexity index is 1210. The van der Waals surface area contributed by atoms with Crippen LogP contribution in [0.15, 0.2) is 54.6 Å². The molecule has 0 saturated carbocycles. The summed E-state index contributed by atoms with van der Waals surface area (Å²) < 4.78 is 5.29. The molecular weight excluding hydrogens is 384 g/mol. The van der Waals surface area contributed by atoms with Crippen LogP contribution in [0.5, 0.6) is 5.75 Å². The van der Waals surface area contributed by atoms with Gasteiger partial charge in [0, 0.05) is 28.4 Å². The number of aromatic nitrogens is 3. The first kappa shape index (κ1) is 20.5. The van der Waals surface area contributed by atoms with Crippen LogP contribution in [0.1, 0.15) is 22.3 Å². The minimum Gasteiger partial charge on any atom is -0.497 e. The number of ether oxygens (including phenoxy) is 1. The molecule has 5 nitrogen and oxygen atoms in total. The number of benzene rings is 3. The highest BCUT2D eigenvalue weighted by Gasteiger charge is 2.16. The highest BCUT2D eigenvalue weighted by atomic mass is 16.5. The lowest BCUT2D eigenvalue weighted by Crippen LogP contribution is -2.03. The molecular formula is C26H26N4O. The molecule has 0 unspecified atom stereocenters. The van der Waals surface area contributed by atoms with E-state index in [1.807, 2.05) is 12.1 Å². The molecule has 2 N–H and O–H groups in total. The van der Waals surface area contributed by atoms with Crippen molar-refractivity contribution in [3.05, 3.63) is 76.9 Å². The number of aryl methyl sites for hydroxylation is 4. The Labute approximate surface area is 183 Å². The normalized spacial score (nSPS) is 10.9. The van der Waals surface area contributed by atoms with Crippen molar-refractivity contribution in [1.82, 2.24) is 15.0 Å². The minimum atomic E-state index is 0.542. The van der Waals surface area contributed by atoms with Crippen LogP contribution in [0.4, 0.5) is 5.69 Å². The van der Waals surface area contributed by atoms with Crippen molar-refractivity contribution in [3.63, 3.8) is 0 Å². The van der Waals surface area contributed by atoms with Gasteiger partial charge in [-0.1, -0.05) is 47.5 Å². The van der Waals surface area contributed by atoms with Crippen LogP contribution >= 0.6 is 0 Å². The average Bonchev–Trinajstić information content (AvgIpc) is 2.73. The van der Waals surface area contributed by atoms with Gasteiger partial charge in [-0.15, -0.1) is 0 Å². The first-order chi connectivity index (χ1) is 14.9. The molecule has 0 aliphatic carbocycles. The summed E-state index contributed by atoms with van der Waals surface area (Å²) in [6.45, 7) is 8.30. The summed E-state index contributed by atoms with van der Waals surface area (Å²) in [7, 11) is 1.62. The van der Waals surface area contributed by atoms with Crippen molar-refractivity contribution < 1.29 is 4.74 Å². The molecule has 0 fully saturated rings. The second kappa shape index (κ2) is 8.19. The van der Waals surface area contributed by atoms with Crippen LogP contribution in [-0.2, 0) is 0 Å². The molecule has 0 saturated heterocycles. The Hall–Kier alpha value is -3.73. The Kier molecular flexibility index (Phi) is 5.42. The van der Waals surface area contributed by atoms with Gasteiger partial charge in [-0.3, -0.25) is 0 Å². The topological polar surface area (TPSA) is 73.9 Å². The van der Waals surface area contributed by atoms with Crippen LogP contribution in [0, 0.1) is 27.7 Å². The zero-order chi connectivity index (χ0) is 22.1. The van der Waals surface area contributed by atoms with Gasteiger partial charge in [0.1, 0.15) is 5.75 Å². The molecule has 0 bridgehead atoms. The number of nitrogens with zero attached hydrogens (tertiary/aromatic N) is 3. The number of nitrogen functional groups attached to an aromatic ring is 1. The fourth-order valence-electron chi connectivity index (χ4n) is 3.74. The summed E-state index contributed by atoms with van der Waals surface area (Å²) >= 11 is 0. The maximum absolute atomic E-state index is 6.33. The highest BCUT2D eigenvalue weighted by molar-refractivity contribution is 5.76. The molecule has 0 spiro atoms. The standard InChI is InChI=1S/C26H26N4O/c1-15-6-9-20(17(3)12-15)24-28-25(21-10-7-16(2)13-18(21)4)30-26(29-24)22-11-8-19(31-5)14-23(22)27/h6-14H,27H2,1-5H3. The SMILES string of the molecule is COc1ccc(-c2nc(-c3ccc(C)cc3C)nc(-c3ccc(C)cc3C)n2)c(N)c1. The molecule has 3 aromatic carbocycles. The van der Waals surface area contributed by atoms with Gasteiger partial charge in [-0.05, 0) is 51.0 Å². The first-order valence-corrected chi connectivity index (χ1v) is 10.2. The summed E-state index contributed by atoms with van der Waals surface area (Å²) in [5.41, 5.74) is 14.2. The quantitative estimate of drug-likeness (QED) is 0.437. The molecule has 1 heterocycles. The van der Waals surface area contributed by atoms with E-state index in [2.05, 4.69) is 64.1 Å². The van der Waals surface area contributed by atoms with Crippen molar-refractivity contribution in [2.75, 3.05) is 12.8 Å². The molecule has 0 radical (unpaired) electrons. The van der Waals surface area contributed by atoms with Crippen molar-refractivity contribution in [2.45, 2.75) is 27.7 Å². The third-order valence-electron chi connectivity index (χ3n) is 5.38. The van der Waals surface area contributed by atoms with E-state index in [1.54, 1.807) is 13.2 Å². The monoisotopic (exact) mass is 410 g/mol. The van der Waals surface area contributed by atoms with Gasteiger partial charge in [0.15, 0.2) is 17.5 Å². The second-order valence-electron chi connectivity index (χ2n) is 7.90. The van der Waals surface area contributed by atoms with Crippen molar-refractivity contribution in [3.8, 4) is 39.9 Å². The average molecular weight is 411 g/mol. The number of anilines is 1. The van der Waals surface area contributed by atoms with Crippen LogP contribution in [0.2, 0.25) is 0 Å². The van der Waals surface area contributed by atoms with Gasteiger partial charge in [-0.25, -0.2) is 15.0 Å². The van der Waals surface area contributed by atoms with E-state index in [1.165, 1.54) is 11.1 Å². The largest absolute Gasteiger partial charge is 0.497 e. The van der Waals surface area contributed by atoms with Gasteiger partial charge in [-0.2, -0.15) is 0 Å². The first-order valence-electron chi connectivity index (χ1n) is 10.2. The maximum atomic E-state index is 6.33. The summed E-state index contributed by atoms with van der Waals surface area (Å²) in [5.74, 6) is 2.50. The lowest BCUT2D eigenvalue weighted by atomic mass is 10.0. The molecule has 4 aromatic rings. The van der Waals surface area contributed by atoms with Gasteiger partial charge >= 0.3 is 0 Å². The van der Waals surface area contributed by atoms with Gasteiger partial charge in [0.25, 0.3) is 0 Å². The van der Waals surface area contributed by atoms with E-state index in [9.17, 15) is 0 Å². The molecule has 156 valence electrons. The third kappa shape index (κ3) is 4.12. The van der Waals surface area contributed by atoms with E-state index in [0.29, 0.717) is 28.9 Å². The lowest BCUT2D eigenvalue weighted by Gasteiger charge is -2.13. The van der Waals surface area contributed by atoms with Gasteiger partial charge < -0.3 is 10.5 Å². The summed E-state index contributed by atoms with van der Waals surface area (Å²) in [5, 5.41) is 0. The van der Waals surface area contributed by atoms with Gasteiger partial charge in [0.05, 0.1) is 7.11 Å². The molecule has 0 aliphatic rings. The van der Waals surface area contributed by atoms with Crippen molar-refractivity contribution in [2.24, 2.45) is 0 Å². The smallest absolute Gasteiger partial charge is 0.166 e. The zero-order valence-electron chi connectivity index (χ0n) is 18.5. The number of hydrogen-bond donors (Lipinski definition) is 1. The summed E-state index contributed by atoms with van der Waals surface area (Å²) in [4.78, 5) is 14.5.